The van der Waals surface area contributed by atoms with Gasteiger partial charge >= 0.3 is 0 Å². The van der Waals surface area contributed by atoms with E-state index in [1.54, 1.807) is 0 Å². The molecule has 0 bridgehead atoms. The van der Waals surface area contributed by atoms with Gasteiger partial charge in [0.25, 0.3) is 0 Å². The lowest BCUT2D eigenvalue weighted by Crippen LogP contribution is -2.44. The number of nitrogens with two attached hydrogens (primary N) is 1. The van der Waals surface area contributed by atoms with Gasteiger partial charge in [0.1, 0.15) is 11.6 Å². The molecule has 1 aromatic carbocycles. The molecule has 0 aliphatic carbocycles. The van der Waals surface area contributed by atoms with Gasteiger partial charge in [-0.1, -0.05) is 18.6 Å². The molecule has 1 atom stereocenters. The Hall–Kier alpha value is -1.76. The summed E-state index contributed by atoms with van der Waals surface area (Å²) in [4.78, 5) is 11.6. The van der Waals surface area contributed by atoms with Crippen molar-refractivity contribution in [3.8, 4) is 0 Å². The van der Waals surface area contributed by atoms with E-state index in [-0.39, 0.29) is 6.61 Å². The minimum absolute atomic E-state index is 0.247. The first-order chi connectivity index (χ1) is 11.8. The molecular weight excluding hydrogens is 302 g/mol. The summed E-state index contributed by atoms with van der Waals surface area (Å²) in [5, 5.41) is 14.0. The molecule has 2 aromatic rings. The number of nitrogens with one attached hydrogen (secondary N) is 1. The molecule has 24 heavy (non-hydrogen) atoms. The molecule has 1 aliphatic heterocycles. The Labute approximate surface area is 143 Å². The number of rotatable bonds is 7. The van der Waals surface area contributed by atoms with Crippen LogP contribution in [0.5, 0.6) is 0 Å². The van der Waals surface area contributed by atoms with Crippen molar-refractivity contribution < 1.29 is 5.11 Å². The van der Waals surface area contributed by atoms with E-state index in [0.717, 1.165) is 48.6 Å². The van der Waals surface area contributed by atoms with Gasteiger partial charge in [0, 0.05) is 30.9 Å². The molecule has 6 nitrogen and oxygen atoms in total. The number of fused-ring (bicyclic) bond motifs is 1. The summed E-state index contributed by atoms with van der Waals surface area (Å²) in [5.41, 5.74) is 6.60. The Morgan fingerprint density at radius 1 is 1.25 bits per heavy atom. The highest BCUT2D eigenvalue weighted by atomic mass is 16.3. The number of likely N-dealkylation sites (tertiary alicyclic amines) is 1. The highest BCUT2D eigenvalue weighted by Gasteiger charge is 2.20. The molecule has 0 radical (unpaired) electrons. The molecule has 4 N–H and O–H groups in total. The van der Waals surface area contributed by atoms with Crippen LogP contribution in [0.25, 0.3) is 10.9 Å². The number of hydrogen-bond donors (Lipinski definition) is 3. The number of aromatic nitrogens is 2. The van der Waals surface area contributed by atoms with E-state index in [2.05, 4.69) is 20.2 Å². The molecule has 0 spiro atoms. The van der Waals surface area contributed by atoms with E-state index in [1.807, 2.05) is 24.3 Å². The molecule has 2 heterocycles. The SMILES string of the molecule is NCCc1nc(NCCN2CCCCC2CO)c2ccccc2n1. The summed E-state index contributed by atoms with van der Waals surface area (Å²) in [5.74, 6) is 1.66. The fourth-order valence-electron chi connectivity index (χ4n) is 3.38. The standard InChI is InChI=1S/C18H27N5O/c19-9-8-17-21-16-7-2-1-6-15(16)18(22-17)20-10-12-23-11-4-3-5-14(23)13-24/h1-2,6-7,14,24H,3-5,8-13,19H2,(H,20,21,22). The summed E-state index contributed by atoms with van der Waals surface area (Å²) in [6.45, 7) is 3.58. The monoisotopic (exact) mass is 329 g/mol. The van der Waals surface area contributed by atoms with Crippen molar-refractivity contribution in [2.75, 3.05) is 38.1 Å². The van der Waals surface area contributed by atoms with Crippen LogP contribution >= 0.6 is 0 Å². The summed E-state index contributed by atoms with van der Waals surface area (Å²) in [6.07, 6.45) is 4.20. The van der Waals surface area contributed by atoms with Crippen LogP contribution in [-0.4, -0.2) is 58.8 Å². The molecule has 3 rings (SSSR count). The van der Waals surface area contributed by atoms with Crippen LogP contribution in [-0.2, 0) is 6.42 Å². The smallest absolute Gasteiger partial charge is 0.137 e. The Morgan fingerprint density at radius 2 is 2.12 bits per heavy atom. The van der Waals surface area contributed by atoms with E-state index < -0.39 is 0 Å². The van der Waals surface area contributed by atoms with E-state index in [0.29, 0.717) is 19.0 Å². The van der Waals surface area contributed by atoms with Crippen molar-refractivity contribution >= 4 is 16.7 Å². The molecule has 0 saturated carbocycles. The van der Waals surface area contributed by atoms with Crippen LogP contribution in [0.1, 0.15) is 25.1 Å². The second-order valence-electron chi connectivity index (χ2n) is 6.34. The van der Waals surface area contributed by atoms with Crippen LogP contribution in [0.4, 0.5) is 5.82 Å². The number of nitrogens with zero attached hydrogens (tertiary/aromatic N) is 3. The first kappa shape index (κ1) is 17.1. The van der Waals surface area contributed by atoms with Gasteiger partial charge in [-0.25, -0.2) is 9.97 Å². The van der Waals surface area contributed by atoms with Gasteiger partial charge < -0.3 is 16.2 Å². The lowest BCUT2D eigenvalue weighted by molar-refractivity contribution is 0.0940. The Bertz CT molecular complexity index is 663. The Morgan fingerprint density at radius 3 is 2.96 bits per heavy atom. The molecule has 1 unspecified atom stereocenters. The molecule has 1 aliphatic rings. The largest absolute Gasteiger partial charge is 0.395 e. The fourth-order valence-corrected chi connectivity index (χ4v) is 3.38. The third-order valence-electron chi connectivity index (χ3n) is 4.67. The van der Waals surface area contributed by atoms with Crippen molar-refractivity contribution in [3.63, 3.8) is 0 Å². The third-order valence-corrected chi connectivity index (χ3v) is 4.67. The lowest BCUT2D eigenvalue weighted by Gasteiger charge is -2.34. The normalized spacial score (nSPS) is 18.8. The van der Waals surface area contributed by atoms with Crippen molar-refractivity contribution in [1.82, 2.24) is 14.9 Å². The average molecular weight is 329 g/mol. The lowest BCUT2D eigenvalue weighted by atomic mass is 10.0. The highest BCUT2D eigenvalue weighted by Crippen LogP contribution is 2.21. The molecule has 1 saturated heterocycles. The van der Waals surface area contributed by atoms with E-state index in [4.69, 9.17) is 5.73 Å². The quantitative estimate of drug-likeness (QED) is 0.711. The number of aliphatic hydroxyl groups is 1. The fraction of sp³-hybridized carbons (Fsp3) is 0.556. The van der Waals surface area contributed by atoms with Crippen LogP contribution < -0.4 is 11.1 Å². The molecule has 0 amide bonds. The maximum absolute atomic E-state index is 9.52. The van der Waals surface area contributed by atoms with Gasteiger partial charge in [0.2, 0.25) is 0 Å². The van der Waals surface area contributed by atoms with Crippen molar-refractivity contribution in [2.45, 2.75) is 31.7 Å². The van der Waals surface area contributed by atoms with Gasteiger partial charge in [-0.2, -0.15) is 0 Å². The molecular formula is C18H27N5O. The number of benzene rings is 1. The molecule has 1 aromatic heterocycles. The van der Waals surface area contributed by atoms with Crippen LogP contribution in [0.15, 0.2) is 24.3 Å². The summed E-state index contributed by atoms with van der Waals surface area (Å²) < 4.78 is 0. The topological polar surface area (TPSA) is 87.3 Å². The zero-order valence-corrected chi connectivity index (χ0v) is 14.1. The minimum atomic E-state index is 0.247. The van der Waals surface area contributed by atoms with Gasteiger partial charge in [0.15, 0.2) is 0 Å². The van der Waals surface area contributed by atoms with Crippen molar-refractivity contribution in [2.24, 2.45) is 5.73 Å². The second kappa shape index (κ2) is 8.37. The van der Waals surface area contributed by atoms with Gasteiger partial charge in [-0.05, 0) is 38.1 Å². The zero-order chi connectivity index (χ0) is 16.8. The first-order valence-electron chi connectivity index (χ1n) is 8.86. The van der Waals surface area contributed by atoms with E-state index in [1.165, 1.54) is 12.8 Å². The number of aliphatic hydroxyl groups excluding tert-OH is 1. The summed E-state index contributed by atoms with van der Waals surface area (Å²) in [7, 11) is 0. The Kier molecular flexibility index (Phi) is 5.96. The first-order valence-corrected chi connectivity index (χ1v) is 8.86. The van der Waals surface area contributed by atoms with Crippen LogP contribution in [0, 0.1) is 0 Å². The van der Waals surface area contributed by atoms with Crippen molar-refractivity contribution in [1.29, 1.82) is 0 Å². The van der Waals surface area contributed by atoms with E-state index in [9.17, 15) is 5.11 Å². The minimum Gasteiger partial charge on any atom is -0.395 e. The molecule has 130 valence electrons. The zero-order valence-electron chi connectivity index (χ0n) is 14.1. The molecule has 1 fully saturated rings. The number of anilines is 1. The van der Waals surface area contributed by atoms with Gasteiger partial charge in [-0.3, -0.25) is 4.90 Å². The van der Waals surface area contributed by atoms with Crippen LogP contribution in [0.3, 0.4) is 0 Å². The highest BCUT2D eigenvalue weighted by molar-refractivity contribution is 5.88. The summed E-state index contributed by atoms with van der Waals surface area (Å²) in [6, 6.07) is 8.35. The number of para-hydroxylation sites is 1. The summed E-state index contributed by atoms with van der Waals surface area (Å²) >= 11 is 0. The maximum Gasteiger partial charge on any atom is 0.137 e. The second-order valence-corrected chi connectivity index (χ2v) is 6.34. The average Bonchev–Trinajstić information content (AvgIpc) is 2.62. The van der Waals surface area contributed by atoms with Gasteiger partial charge in [0.05, 0.1) is 12.1 Å². The Balaban J connectivity index is 1.69. The number of hydrogen-bond acceptors (Lipinski definition) is 6. The predicted molar refractivity (Wildman–Crippen MR) is 97.1 cm³/mol. The molecule has 6 heteroatoms. The maximum atomic E-state index is 9.52. The number of piperidine rings is 1. The predicted octanol–water partition coefficient (Wildman–Crippen LogP) is 1.39. The van der Waals surface area contributed by atoms with Gasteiger partial charge in [-0.15, -0.1) is 0 Å². The van der Waals surface area contributed by atoms with E-state index >= 15 is 0 Å². The third kappa shape index (κ3) is 4.01. The van der Waals surface area contributed by atoms with Crippen molar-refractivity contribution in [3.05, 3.63) is 30.1 Å². The van der Waals surface area contributed by atoms with Crippen LogP contribution in [0.2, 0.25) is 0 Å².